The van der Waals surface area contributed by atoms with Gasteiger partial charge in [0.25, 0.3) is 0 Å². The highest BCUT2D eigenvalue weighted by atomic mass is 16.5. The second-order valence-electron chi connectivity index (χ2n) is 4.57. The van der Waals surface area contributed by atoms with E-state index in [2.05, 4.69) is 28.7 Å². The molecule has 0 amide bonds. The van der Waals surface area contributed by atoms with Gasteiger partial charge in [0, 0.05) is 18.8 Å². The predicted octanol–water partition coefficient (Wildman–Crippen LogP) is 1.00. The molecule has 3 N–H and O–H groups in total. The molecule has 0 bridgehead atoms. The number of hydrazine groups is 1. The molecule has 0 saturated carbocycles. The van der Waals surface area contributed by atoms with Crippen molar-refractivity contribution in [3.8, 4) is 0 Å². The lowest BCUT2D eigenvalue weighted by molar-refractivity contribution is 0.134. The Balaban J connectivity index is 1.96. The van der Waals surface area contributed by atoms with Crippen molar-refractivity contribution < 1.29 is 4.74 Å². The normalized spacial score (nSPS) is 15.7. The third-order valence-corrected chi connectivity index (χ3v) is 3.30. The van der Waals surface area contributed by atoms with E-state index in [0.717, 1.165) is 11.1 Å². The summed E-state index contributed by atoms with van der Waals surface area (Å²) in [6.07, 6.45) is 3.79. The second kappa shape index (κ2) is 4.53. The van der Waals surface area contributed by atoms with Crippen LogP contribution in [0.3, 0.4) is 0 Å². The SMILES string of the molecule is Cn1cc(C(NN)c2ccc3c(c2)COC3)cn1. The number of hydrogen-bond acceptors (Lipinski definition) is 4. The minimum atomic E-state index is -0.0374. The van der Waals surface area contributed by atoms with Crippen molar-refractivity contribution in [2.24, 2.45) is 12.9 Å². The van der Waals surface area contributed by atoms with Gasteiger partial charge >= 0.3 is 0 Å². The van der Waals surface area contributed by atoms with Gasteiger partial charge in [-0.1, -0.05) is 18.2 Å². The van der Waals surface area contributed by atoms with Gasteiger partial charge in [0.15, 0.2) is 0 Å². The van der Waals surface area contributed by atoms with Gasteiger partial charge < -0.3 is 4.74 Å². The molecule has 0 spiro atoms. The maximum Gasteiger partial charge on any atom is 0.0740 e. The molecule has 1 aromatic heterocycles. The Morgan fingerprint density at radius 1 is 1.33 bits per heavy atom. The number of rotatable bonds is 3. The number of nitrogens with two attached hydrogens (primary N) is 1. The van der Waals surface area contributed by atoms with E-state index in [1.54, 1.807) is 4.68 Å². The Morgan fingerprint density at radius 2 is 2.17 bits per heavy atom. The van der Waals surface area contributed by atoms with Gasteiger partial charge in [-0.15, -0.1) is 0 Å². The Kier molecular flexibility index (Phi) is 2.87. The van der Waals surface area contributed by atoms with Crippen molar-refractivity contribution in [1.82, 2.24) is 15.2 Å². The fraction of sp³-hybridized carbons (Fsp3) is 0.308. The molecule has 1 unspecified atom stereocenters. The molecule has 1 aromatic carbocycles. The standard InChI is InChI=1S/C13H16N4O/c1-17-6-12(5-15-17)13(16-14)9-2-3-10-7-18-8-11(10)4-9/h2-6,13,16H,7-8,14H2,1H3. The Labute approximate surface area is 106 Å². The number of aromatic nitrogens is 2. The van der Waals surface area contributed by atoms with E-state index in [-0.39, 0.29) is 6.04 Å². The summed E-state index contributed by atoms with van der Waals surface area (Å²) >= 11 is 0. The smallest absolute Gasteiger partial charge is 0.0740 e. The molecule has 2 aromatic rings. The molecule has 0 fully saturated rings. The average Bonchev–Trinajstić information content (AvgIpc) is 2.99. The average molecular weight is 244 g/mol. The van der Waals surface area contributed by atoms with Crippen LogP contribution >= 0.6 is 0 Å². The van der Waals surface area contributed by atoms with Gasteiger partial charge in [-0.2, -0.15) is 5.10 Å². The van der Waals surface area contributed by atoms with Crippen LogP contribution in [0.15, 0.2) is 30.6 Å². The number of fused-ring (bicyclic) bond motifs is 1. The molecule has 0 radical (unpaired) electrons. The van der Waals surface area contributed by atoms with Crippen LogP contribution in [0, 0.1) is 0 Å². The van der Waals surface area contributed by atoms with Gasteiger partial charge in [0.1, 0.15) is 0 Å². The molecule has 1 aliphatic rings. The fourth-order valence-corrected chi connectivity index (χ4v) is 2.35. The highest BCUT2D eigenvalue weighted by Crippen LogP contribution is 2.26. The van der Waals surface area contributed by atoms with E-state index in [1.807, 2.05) is 19.4 Å². The summed E-state index contributed by atoms with van der Waals surface area (Å²) in [6, 6.07) is 6.31. The lowest BCUT2D eigenvalue weighted by atomic mass is 9.98. The van der Waals surface area contributed by atoms with Gasteiger partial charge in [-0.25, -0.2) is 5.43 Å². The van der Waals surface area contributed by atoms with Crippen LogP contribution < -0.4 is 11.3 Å². The first-order valence-electron chi connectivity index (χ1n) is 5.92. The minimum Gasteiger partial charge on any atom is -0.372 e. The first-order chi connectivity index (χ1) is 8.78. The van der Waals surface area contributed by atoms with Crippen LogP contribution in [-0.2, 0) is 25.0 Å². The minimum absolute atomic E-state index is 0.0374. The third kappa shape index (κ3) is 1.92. The Hall–Kier alpha value is -1.69. The lowest BCUT2D eigenvalue weighted by Crippen LogP contribution is -2.28. The largest absolute Gasteiger partial charge is 0.372 e. The van der Waals surface area contributed by atoms with Gasteiger partial charge in [-0.05, 0) is 16.7 Å². The van der Waals surface area contributed by atoms with Crippen LogP contribution in [0.5, 0.6) is 0 Å². The summed E-state index contributed by atoms with van der Waals surface area (Å²) in [5.41, 5.74) is 7.54. The second-order valence-corrected chi connectivity index (χ2v) is 4.57. The van der Waals surface area contributed by atoms with E-state index in [4.69, 9.17) is 10.6 Å². The highest BCUT2D eigenvalue weighted by molar-refractivity contribution is 5.37. The van der Waals surface area contributed by atoms with E-state index < -0.39 is 0 Å². The summed E-state index contributed by atoms with van der Waals surface area (Å²) in [7, 11) is 1.90. The number of nitrogens with one attached hydrogen (secondary N) is 1. The van der Waals surface area contributed by atoms with Crippen LogP contribution in [0.4, 0.5) is 0 Å². The number of ether oxygens (including phenoxy) is 1. The third-order valence-electron chi connectivity index (χ3n) is 3.30. The molecule has 0 aliphatic carbocycles. The molecule has 1 aliphatic heterocycles. The van der Waals surface area contributed by atoms with Crippen LogP contribution in [0.2, 0.25) is 0 Å². The summed E-state index contributed by atoms with van der Waals surface area (Å²) in [6.45, 7) is 1.40. The van der Waals surface area contributed by atoms with Crippen molar-refractivity contribution in [1.29, 1.82) is 0 Å². The van der Waals surface area contributed by atoms with E-state index in [0.29, 0.717) is 13.2 Å². The van der Waals surface area contributed by atoms with E-state index in [1.165, 1.54) is 11.1 Å². The zero-order chi connectivity index (χ0) is 12.5. The molecule has 2 heterocycles. The first-order valence-corrected chi connectivity index (χ1v) is 5.92. The molecule has 18 heavy (non-hydrogen) atoms. The predicted molar refractivity (Wildman–Crippen MR) is 67.3 cm³/mol. The highest BCUT2D eigenvalue weighted by Gasteiger charge is 2.17. The van der Waals surface area contributed by atoms with E-state index >= 15 is 0 Å². The summed E-state index contributed by atoms with van der Waals surface area (Å²) in [5.74, 6) is 5.67. The maximum absolute atomic E-state index is 5.67. The van der Waals surface area contributed by atoms with Crippen molar-refractivity contribution >= 4 is 0 Å². The van der Waals surface area contributed by atoms with E-state index in [9.17, 15) is 0 Å². The molecule has 1 atom stereocenters. The van der Waals surface area contributed by atoms with Crippen LogP contribution in [-0.4, -0.2) is 9.78 Å². The van der Waals surface area contributed by atoms with Gasteiger partial charge in [-0.3, -0.25) is 10.5 Å². The summed E-state index contributed by atoms with van der Waals surface area (Å²) in [4.78, 5) is 0. The van der Waals surface area contributed by atoms with Crippen molar-refractivity contribution in [2.45, 2.75) is 19.3 Å². The zero-order valence-corrected chi connectivity index (χ0v) is 10.3. The van der Waals surface area contributed by atoms with Gasteiger partial charge in [0.2, 0.25) is 0 Å². The number of hydrogen-bond donors (Lipinski definition) is 2. The molecule has 5 heteroatoms. The number of benzene rings is 1. The zero-order valence-electron chi connectivity index (χ0n) is 10.3. The molecule has 5 nitrogen and oxygen atoms in total. The monoisotopic (exact) mass is 244 g/mol. The molecular weight excluding hydrogens is 228 g/mol. The molecule has 94 valence electrons. The van der Waals surface area contributed by atoms with Crippen LogP contribution in [0.25, 0.3) is 0 Å². The molecule has 0 saturated heterocycles. The quantitative estimate of drug-likeness (QED) is 0.624. The topological polar surface area (TPSA) is 65.1 Å². The molecule has 3 rings (SSSR count). The first kappa shape index (κ1) is 11.4. The fourth-order valence-electron chi connectivity index (χ4n) is 2.35. The maximum atomic E-state index is 5.67. The molecular formula is C13H16N4O. The number of aryl methyl sites for hydroxylation is 1. The van der Waals surface area contributed by atoms with Crippen molar-refractivity contribution in [3.63, 3.8) is 0 Å². The van der Waals surface area contributed by atoms with Crippen LogP contribution in [0.1, 0.15) is 28.3 Å². The summed E-state index contributed by atoms with van der Waals surface area (Å²) in [5, 5.41) is 4.18. The van der Waals surface area contributed by atoms with Crippen molar-refractivity contribution in [3.05, 3.63) is 52.8 Å². The Morgan fingerprint density at radius 3 is 2.89 bits per heavy atom. The van der Waals surface area contributed by atoms with Crippen molar-refractivity contribution in [2.75, 3.05) is 0 Å². The van der Waals surface area contributed by atoms with Gasteiger partial charge in [0.05, 0.1) is 25.5 Å². The number of nitrogens with zero attached hydrogens (tertiary/aromatic N) is 2. The Bertz CT molecular complexity index is 564. The summed E-state index contributed by atoms with van der Waals surface area (Å²) < 4.78 is 7.20. The lowest BCUT2D eigenvalue weighted by Gasteiger charge is -2.15.